The molecule has 4 aliphatic rings. The normalized spacial score (nSPS) is 23.1. The molecule has 0 unspecified atom stereocenters. The molecule has 1 atom stereocenters. The van der Waals surface area contributed by atoms with Crippen LogP contribution in [-0.2, 0) is 29.1 Å². The molecule has 2 aromatic rings. The van der Waals surface area contributed by atoms with Gasteiger partial charge in [0.15, 0.2) is 5.69 Å². The Morgan fingerprint density at radius 3 is 2.60 bits per heavy atom. The van der Waals surface area contributed by atoms with Crippen molar-refractivity contribution in [2.45, 2.75) is 58.0 Å². The Hall–Kier alpha value is -3.16. The number of benzene rings is 1. The van der Waals surface area contributed by atoms with Crippen LogP contribution in [-0.4, -0.2) is 63.5 Å². The highest BCUT2D eigenvalue weighted by atomic mass is 16.2. The monoisotopic (exact) mass is 475 g/mol. The second kappa shape index (κ2) is 8.81. The SMILES string of the molecule is O=C1CN(C(=O)c2nn(Cc3ccccc3)c3c2CN(C(=O)[C@H]2CC24CCCCC4)CC3)CCN1. The molecule has 1 N–H and O–H groups in total. The van der Waals surface area contributed by atoms with Gasteiger partial charge in [-0.15, -0.1) is 0 Å². The molecule has 6 rings (SSSR count). The maximum atomic E-state index is 13.5. The lowest BCUT2D eigenvalue weighted by atomic mass is 9.84. The molecule has 8 nitrogen and oxygen atoms in total. The van der Waals surface area contributed by atoms with Crippen LogP contribution in [0.5, 0.6) is 0 Å². The number of nitrogens with zero attached hydrogens (tertiary/aromatic N) is 4. The summed E-state index contributed by atoms with van der Waals surface area (Å²) in [4.78, 5) is 42.5. The minimum Gasteiger partial charge on any atom is -0.353 e. The number of hydrogen-bond donors (Lipinski definition) is 1. The summed E-state index contributed by atoms with van der Waals surface area (Å²) in [5.41, 5.74) is 3.64. The fourth-order valence-electron chi connectivity index (χ4n) is 6.43. The van der Waals surface area contributed by atoms with Crippen LogP contribution in [0.2, 0.25) is 0 Å². The Morgan fingerprint density at radius 1 is 1.03 bits per heavy atom. The van der Waals surface area contributed by atoms with Crippen molar-refractivity contribution in [1.29, 1.82) is 0 Å². The van der Waals surface area contributed by atoms with Crippen molar-refractivity contribution < 1.29 is 14.4 Å². The van der Waals surface area contributed by atoms with Crippen molar-refractivity contribution in [3.63, 3.8) is 0 Å². The maximum absolute atomic E-state index is 13.5. The lowest BCUT2D eigenvalue weighted by Gasteiger charge is -2.31. The number of amides is 3. The number of hydrogen-bond acceptors (Lipinski definition) is 4. The van der Waals surface area contributed by atoms with Gasteiger partial charge in [-0.1, -0.05) is 49.6 Å². The van der Waals surface area contributed by atoms with Crippen molar-refractivity contribution in [3.05, 3.63) is 52.8 Å². The molecule has 2 aliphatic heterocycles. The lowest BCUT2D eigenvalue weighted by Crippen LogP contribution is -2.50. The Labute approximate surface area is 205 Å². The first-order valence-electron chi connectivity index (χ1n) is 13.0. The second-order valence-electron chi connectivity index (χ2n) is 10.7. The van der Waals surface area contributed by atoms with Crippen LogP contribution in [0.3, 0.4) is 0 Å². The number of carbonyl (C=O) groups is 3. The number of nitrogens with one attached hydrogen (secondary N) is 1. The van der Waals surface area contributed by atoms with Crippen molar-refractivity contribution in [2.75, 3.05) is 26.2 Å². The average molecular weight is 476 g/mol. The van der Waals surface area contributed by atoms with Crippen molar-refractivity contribution >= 4 is 17.7 Å². The van der Waals surface area contributed by atoms with E-state index >= 15 is 0 Å². The van der Waals surface area contributed by atoms with Crippen LogP contribution in [0.1, 0.15) is 65.8 Å². The van der Waals surface area contributed by atoms with Crippen molar-refractivity contribution in [2.24, 2.45) is 11.3 Å². The van der Waals surface area contributed by atoms with E-state index in [1.807, 2.05) is 27.8 Å². The predicted molar refractivity (Wildman–Crippen MR) is 129 cm³/mol. The molecular weight excluding hydrogens is 442 g/mol. The van der Waals surface area contributed by atoms with E-state index < -0.39 is 0 Å². The van der Waals surface area contributed by atoms with Gasteiger partial charge in [-0.05, 0) is 30.2 Å². The van der Waals surface area contributed by atoms with E-state index in [1.54, 1.807) is 4.90 Å². The van der Waals surface area contributed by atoms with Crippen LogP contribution < -0.4 is 5.32 Å². The second-order valence-corrected chi connectivity index (χ2v) is 10.7. The summed E-state index contributed by atoms with van der Waals surface area (Å²) >= 11 is 0. The largest absolute Gasteiger partial charge is 0.353 e. The van der Waals surface area contributed by atoms with Crippen LogP contribution in [0.15, 0.2) is 30.3 Å². The zero-order valence-corrected chi connectivity index (χ0v) is 20.2. The van der Waals surface area contributed by atoms with E-state index in [2.05, 4.69) is 17.4 Å². The summed E-state index contributed by atoms with van der Waals surface area (Å²) in [6.07, 6.45) is 7.84. The first kappa shape index (κ1) is 22.3. The molecular formula is C27H33N5O3. The third-order valence-corrected chi connectivity index (χ3v) is 8.49. The summed E-state index contributed by atoms with van der Waals surface area (Å²) < 4.78 is 1.93. The van der Waals surface area contributed by atoms with Gasteiger partial charge in [0.05, 0.1) is 13.1 Å². The van der Waals surface area contributed by atoms with Gasteiger partial charge >= 0.3 is 0 Å². The predicted octanol–water partition coefficient (Wildman–Crippen LogP) is 2.36. The van der Waals surface area contributed by atoms with E-state index in [1.165, 1.54) is 32.1 Å². The molecule has 3 fully saturated rings. The van der Waals surface area contributed by atoms with E-state index in [0.717, 1.165) is 23.2 Å². The van der Waals surface area contributed by atoms with Gasteiger partial charge in [0.2, 0.25) is 11.8 Å². The Kier molecular flexibility index (Phi) is 5.61. The molecule has 1 aromatic heterocycles. The number of aromatic nitrogens is 2. The molecule has 1 spiro atoms. The summed E-state index contributed by atoms with van der Waals surface area (Å²) in [7, 11) is 0. The summed E-state index contributed by atoms with van der Waals surface area (Å²) in [5.74, 6) is 0.0376. The molecule has 0 radical (unpaired) electrons. The molecule has 1 saturated heterocycles. The van der Waals surface area contributed by atoms with Gasteiger partial charge in [-0.3, -0.25) is 19.1 Å². The Bertz CT molecular complexity index is 1150. The minimum absolute atomic E-state index is 0.0480. The first-order valence-corrected chi connectivity index (χ1v) is 13.0. The van der Waals surface area contributed by atoms with Crippen LogP contribution in [0, 0.1) is 11.3 Å². The fourth-order valence-corrected chi connectivity index (χ4v) is 6.43. The number of carbonyl (C=O) groups excluding carboxylic acids is 3. The highest BCUT2D eigenvalue weighted by Crippen LogP contribution is 2.62. The highest BCUT2D eigenvalue weighted by Gasteiger charge is 2.58. The summed E-state index contributed by atoms with van der Waals surface area (Å²) in [6.45, 7) is 2.64. The summed E-state index contributed by atoms with van der Waals surface area (Å²) in [5, 5.41) is 7.56. The molecule has 1 aromatic carbocycles. The van der Waals surface area contributed by atoms with Gasteiger partial charge < -0.3 is 15.1 Å². The molecule has 0 bridgehead atoms. The van der Waals surface area contributed by atoms with E-state index in [0.29, 0.717) is 44.8 Å². The molecule has 2 saturated carbocycles. The van der Waals surface area contributed by atoms with Gasteiger partial charge in [-0.25, -0.2) is 0 Å². The molecule has 8 heteroatoms. The maximum Gasteiger partial charge on any atom is 0.275 e. The third kappa shape index (κ3) is 4.13. The topological polar surface area (TPSA) is 87.5 Å². The molecule has 184 valence electrons. The van der Waals surface area contributed by atoms with Crippen molar-refractivity contribution in [1.82, 2.24) is 24.9 Å². The molecule has 35 heavy (non-hydrogen) atoms. The number of fused-ring (bicyclic) bond motifs is 1. The molecule has 2 aliphatic carbocycles. The molecule has 3 amide bonds. The van der Waals surface area contributed by atoms with E-state index in [4.69, 9.17) is 5.10 Å². The summed E-state index contributed by atoms with van der Waals surface area (Å²) in [6, 6.07) is 10.1. The van der Waals surface area contributed by atoms with Crippen LogP contribution in [0.25, 0.3) is 0 Å². The zero-order valence-electron chi connectivity index (χ0n) is 20.2. The van der Waals surface area contributed by atoms with Crippen molar-refractivity contribution in [3.8, 4) is 0 Å². The van der Waals surface area contributed by atoms with E-state index in [-0.39, 0.29) is 35.6 Å². The van der Waals surface area contributed by atoms with Gasteiger partial charge in [0, 0.05) is 49.8 Å². The zero-order chi connectivity index (χ0) is 24.0. The van der Waals surface area contributed by atoms with Crippen LogP contribution in [0.4, 0.5) is 0 Å². The van der Waals surface area contributed by atoms with E-state index in [9.17, 15) is 14.4 Å². The van der Waals surface area contributed by atoms with Gasteiger partial charge in [0.1, 0.15) is 0 Å². The van der Waals surface area contributed by atoms with Gasteiger partial charge in [0.25, 0.3) is 5.91 Å². The highest BCUT2D eigenvalue weighted by molar-refractivity contribution is 5.97. The Balaban J connectivity index is 1.28. The minimum atomic E-state index is -0.215. The number of rotatable bonds is 4. The number of piperazine rings is 1. The average Bonchev–Trinajstić information content (AvgIpc) is 3.46. The fraction of sp³-hybridized carbons (Fsp3) is 0.556. The standard InChI is InChI=1S/C27H33N5O3/c33-23-18-31(14-12-28-23)26(35)24-20-17-30(25(34)21-15-27(21)10-5-2-6-11-27)13-9-22(20)32(29-24)16-19-7-3-1-4-8-19/h1,3-4,7-8,21H,2,5-6,9-18H2,(H,28,33)/t21-/m1/s1. The quantitative estimate of drug-likeness (QED) is 0.736. The lowest BCUT2D eigenvalue weighted by molar-refractivity contribution is -0.134. The smallest absolute Gasteiger partial charge is 0.275 e. The molecule has 3 heterocycles. The van der Waals surface area contributed by atoms with Crippen LogP contribution >= 0.6 is 0 Å². The Morgan fingerprint density at radius 2 is 1.83 bits per heavy atom. The third-order valence-electron chi connectivity index (χ3n) is 8.49. The first-order chi connectivity index (χ1) is 17.0. The van der Waals surface area contributed by atoms with Gasteiger partial charge in [-0.2, -0.15) is 5.10 Å².